The first-order valence-electron chi connectivity index (χ1n) is 7.45. The van der Waals surface area contributed by atoms with E-state index < -0.39 is 0 Å². The minimum absolute atomic E-state index is 0.0379. The Balaban J connectivity index is 1.86. The third-order valence-electron chi connectivity index (χ3n) is 3.81. The van der Waals surface area contributed by atoms with E-state index in [4.69, 9.17) is 9.47 Å². The van der Waals surface area contributed by atoms with E-state index in [1.54, 1.807) is 32.4 Å². The summed E-state index contributed by atoms with van der Waals surface area (Å²) >= 11 is 0. The number of piperidine rings is 1. The number of methoxy groups -OCH3 is 2. The van der Waals surface area contributed by atoms with Gasteiger partial charge in [0.15, 0.2) is 0 Å². The van der Waals surface area contributed by atoms with Gasteiger partial charge in [0.05, 0.1) is 14.2 Å². The molecule has 5 heteroatoms. The molecule has 2 N–H and O–H groups in total. The van der Waals surface area contributed by atoms with Crippen molar-refractivity contribution in [3.8, 4) is 11.5 Å². The highest BCUT2D eigenvalue weighted by atomic mass is 16.5. The predicted octanol–water partition coefficient (Wildman–Crippen LogP) is 2.42. The first-order valence-corrected chi connectivity index (χ1v) is 7.45. The maximum atomic E-state index is 12.0. The second-order valence-electron chi connectivity index (χ2n) is 5.40. The van der Waals surface area contributed by atoms with Crippen LogP contribution in [-0.4, -0.2) is 33.2 Å². The van der Waals surface area contributed by atoms with E-state index in [0.717, 1.165) is 19.5 Å². The predicted molar refractivity (Wildman–Crippen MR) is 83.0 cm³/mol. The van der Waals surface area contributed by atoms with Crippen LogP contribution in [0.25, 0.3) is 0 Å². The molecule has 5 nitrogen and oxygen atoms in total. The third kappa shape index (κ3) is 4.93. The van der Waals surface area contributed by atoms with E-state index in [0.29, 0.717) is 29.5 Å². The molecule has 1 amide bonds. The summed E-state index contributed by atoms with van der Waals surface area (Å²) in [5.74, 6) is 1.99. The highest BCUT2D eigenvalue weighted by molar-refractivity contribution is 5.91. The molecule has 0 bridgehead atoms. The lowest BCUT2D eigenvalue weighted by atomic mass is 9.94. The Morgan fingerprint density at radius 3 is 2.57 bits per heavy atom. The Morgan fingerprint density at radius 1 is 1.29 bits per heavy atom. The lowest BCUT2D eigenvalue weighted by Gasteiger charge is -2.22. The van der Waals surface area contributed by atoms with Gasteiger partial charge in [-0.3, -0.25) is 4.79 Å². The van der Waals surface area contributed by atoms with Gasteiger partial charge in [-0.1, -0.05) is 0 Å². The quantitative estimate of drug-likeness (QED) is 0.845. The zero-order valence-electron chi connectivity index (χ0n) is 12.8. The topological polar surface area (TPSA) is 59.6 Å². The number of ether oxygens (including phenoxy) is 2. The van der Waals surface area contributed by atoms with E-state index in [9.17, 15) is 4.79 Å². The van der Waals surface area contributed by atoms with Gasteiger partial charge in [-0.05, 0) is 38.3 Å². The van der Waals surface area contributed by atoms with Gasteiger partial charge in [0.1, 0.15) is 11.5 Å². The maximum Gasteiger partial charge on any atom is 0.224 e. The highest BCUT2D eigenvalue weighted by Crippen LogP contribution is 2.26. The largest absolute Gasteiger partial charge is 0.497 e. The van der Waals surface area contributed by atoms with E-state index in [-0.39, 0.29) is 5.91 Å². The summed E-state index contributed by atoms with van der Waals surface area (Å²) in [5.41, 5.74) is 0.706. The molecule has 1 aromatic carbocycles. The molecule has 1 fully saturated rings. The zero-order valence-corrected chi connectivity index (χ0v) is 12.8. The van der Waals surface area contributed by atoms with Crippen molar-refractivity contribution < 1.29 is 14.3 Å². The van der Waals surface area contributed by atoms with Crippen LogP contribution in [0.3, 0.4) is 0 Å². The molecule has 1 unspecified atom stereocenters. The highest BCUT2D eigenvalue weighted by Gasteiger charge is 2.14. The monoisotopic (exact) mass is 292 g/mol. The molecule has 1 aliphatic rings. The normalized spacial score (nSPS) is 18.1. The van der Waals surface area contributed by atoms with Crippen LogP contribution in [-0.2, 0) is 4.79 Å². The van der Waals surface area contributed by atoms with Crippen LogP contribution in [0.5, 0.6) is 11.5 Å². The van der Waals surface area contributed by atoms with E-state index in [1.807, 2.05) is 0 Å². The molecule has 1 atom stereocenters. The van der Waals surface area contributed by atoms with Crippen molar-refractivity contribution in [2.75, 3.05) is 32.6 Å². The van der Waals surface area contributed by atoms with Crippen LogP contribution in [0.4, 0.5) is 5.69 Å². The minimum Gasteiger partial charge on any atom is -0.497 e. The fourth-order valence-electron chi connectivity index (χ4n) is 2.61. The number of hydrogen-bond donors (Lipinski definition) is 2. The summed E-state index contributed by atoms with van der Waals surface area (Å²) in [4.78, 5) is 12.0. The molecule has 116 valence electrons. The van der Waals surface area contributed by atoms with Crippen LogP contribution in [0.15, 0.2) is 18.2 Å². The smallest absolute Gasteiger partial charge is 0.224 e. The minimum atomic E-state index is 0.0379. The Labute approximate surface area is 126 Å². The van der Waals surface area contributed by atoms with Gasteiger partial charge >= 0.3 is 0 Å². The summed E-state index contributed by atoms with van der Waals surface area (Å²) in [6, 6.07) is 5.37. The Bertz CT molecular complexity index is 448. The number of nitrogens with one attached hydrogen (secondary N) is 2. The Morgan fingerprint density at radius 2 is 2.00 bits per heavy atom. The fraction of sp³-hybridized carbons (Fsp3) is 0.562. The second-order valence-corrected chi connectivity index (χ2v) is 5.40. The first-order chi connectivity index (χ1) is 10.2. The number of benzene rings is 1. The summed E-state index contributed by atoms with van der Waals surface area (Å²) in [5, 5.41) is 6.29. The lowest BCUT2D eigenvalue weighted by Crippen LogP contribution is -2.30. The number of amides is 1. The van der Waals surface area contributed by atoms with Crippen molar-refractivity contribution in [3.05, 3.63) is 18.2 Å². The number of anilines is 1. The molecule has 0 radical (unpaired) electrons. The van der Waals surface area contributed by atoms with Crippen molar-refractivity contribution in [1.82, 2.24) is 5.32 Å². The van der Waals surface area contributed by atoms with Crippen LogP contribution < -0.4 is 20.1 Å². The molecular weight excluding hydrogens is 268 g/mol. The van der Waals surface area contributed by atoms with Gasteiger partial charge in [0.2, 0.25) is 5.91 Å². The SMILES string of the molecule is COc1cc(NC(=O)CCC2CCCNC2)cc(OC)c1. The fourth-order valence-corrected chi connectivity index (χ4v) is 2.61. The molecule has 1 saturated heterocycles. The molecule has 21 heavy (non-hydrogen) atoms. The second kappa shape index (κ2) is 7.88. The van der Waals surface area contributed by atoms with E-state index in [2.05, 4.69) is 10.6 Å². The number of carbonyl (C=O) groups excluding carboxylic acids is 1. The molecule has 1 aromatic rings. The molecule has 1 heterocycles. The van der Waals surface area contributed by atoms with Gasteiger partial charge in [0.25, 0.3) is 0 Å². The summed E-state index contributed by atoms with van der Waals surface area (Å²) in [7, 11) is 3.19. The third-order valence-corrected chi connectivity index (χ3v) is 3.81. The molecule has 0 aliphatic carbocycles. The van der Waals surface area contributed by atoms with Crippen molar-refractivity contribution in [1.29, 1.82) is 0 Å². The summed E-state index contributed by atoms with van der Waals surface area (Å²) in [6.07, 6.45) is 3.90. The molecule has 0 aromatic heterocycles. The molecule has 2 rings (SSSR count). The Hall–Kier alpha value is -1.75. The van der Waals surface area contributed by atoms with Gasteiger partial charge in [-0.25, -0.2) is 0 Å². The number of rotatable bonds is 6. The van der Waals surface area contributed by atoms with Crippen LogP contribution in [0, 0.1) is 5.92 Å². The number of hydrogen-bond acceptors (Lipinski definition) is 4. The van der Waals surface area contributed by atoms with E-state index >= 15 is 0 Å². The standard InChI is InChI=1S/C16H24N2O3/c1-20-14-8-13(9-15(10-14)21-2)18-16(19)6-5-12-4-3-7-17-11-12/h8-10,12,17H,3-7,11H2,1-2H3,(H,18,19). The lowest BCUT2D eigenvalue weighted by molar-refractivity contribution is -0.116. The van der Waals surface area contributed by atoms with Crippen LogP contribution in [0.2, 0.25) is 0 Å². The number of carbonyl (C=O) groups is 1. The van der Waals surface area contributed by atoms with Crippen molar-refractivity contribution >= 4 is 11.6 Å². The van der Waals surface area contributed by atoms with Crippen molar-refractivity contribution in [3.63, 3.8) is 0 Å². The maximum absolute atomic E-state index is 12.0. The first kappa shape index (κ1) is 15.6. The Kier molecular flexibility index (Phi) is 5.87. The van der Waals surface area contributed by atoms with Gasteiger partial charge in [-0.2, -0.15) is 0 Å². The average molecular weight is 292 g/mol. The zero-order chi connectivity index (χ0) is 15.1. The summed E-state index contributed by atoms with van der Waals surface area (Å²) < 4.78 is 10.4. The van der Waals surface area contributed by atoms with Crippen LogP contribution >= 0.6 is 0 Å². The average Bonchev–Trinajstić information content (AvgIpc) is 2.53. The molecular formula is C16H24N2O3. The van der Waals surface area contributed by atoms with E-state index in [1.165, 1.54) is 12.8 Å². The van der Waals surface area contributed by atoms with Crippen molar-refractivity contribution in [2.24, 2.45) is 5.92 Å². The van der Waals surface area contributed by atoms with Crippen LogP contribution in [0.1, 0.15) is 25.7 Å². The molecule has 1 aliphatic heterocycles. The van der Waals surface area contributed by atoms with Gasteiger partial charge in [0, 0.05) is 30.3 Å². The molecule has 0 saturated carbocycles. The van der Waals surface area contributed by atoms with Gasteiger partial charge in [-0.15, -0.1) is 0 Å². The van der Waals surface area contributed by atoms with Crippen molar-refractivity contribution in [2.45, 2.75) is 25.7 Å². The molecule has 0 spiro atoms. The van der Waals surface area contributed by atoms with Gasteiger partial charge < -0.3 is 20.1 Å². The summed E-state index contributed by atoms with van der Waals surface area (Å²) in [6.45, 7) is 2.13.